The monoisotopic (exact) mass is 268 g/mol. The first-order valence-electron chi connectivity index (χ1n) is 6.61. The standard InChI is InChI=1S/C14H20O5/c1-8-10-6-5-9(7-15)3-2-4-11(16)12(17)13(10)19-14(8)18/h4-5,8,10,12-13,15-17H,2-3,6-7H2,1H3/b9-5-,11-4-/t8-,10+,12+,13-/m0/s1. The first-order valence-corrected chi connectivity index (χ1v) is 6.61. The lowest BCUT2D eigenvalue weighted by molar-refractivity contribution is -0.147. The van der Waals surface area contributed by atoms with Gasteiger partial charge in [0.25, 0.3) is 0 Å². The van der Waals surface area contributed by atoms with Crippen LogP contribution in [0.4, 0.5) is 0 Å². The number of hydrogen-bond donors (Lipinski definition) is 3. The second-order valence-corrected chi connectivity index (χ2v) is 5.22. The van der Waals surface area contributed by atoms with Gasteiger partial charge in [0.05, 0.1) is 12.5 Å². The molecule has 19 heavy (non-hydrogen) atoms. The maximum Gasteiger partial charge on any atom is 0.309 e. The van der Waals surface area contributed by atoms with E-state index >= 15 is 0 Å². The van der Waals surface area contributed by atoms with Crippen LogP contribution in [-0.4, -0.2) is 40.1 Å². The molecule has 1 heterocycles. The van der Waals surface area contributed by atoms with E-state index in [4.69, 9.17) is 4.74 Å². The van der Waals surface area contributed by atoms with Crippen molar-refractivity contribution in [2.75, 3.05) is 6.61 Å². The highest BCUT2D eigenvalue weighted by atomic mass is 16.6. The molecule has 1 saturated heterocycles. The van der Waals surface area contributed by atoms with E-state index in [0.29, 0.717) is 19.3 Å². The van der Waals surface area contributed by atoms with E-state index in [9.17, 15) is 20.1 Å². The zero-order chi connectivity index (χ0) is 14.0. The van der Waals surface area contributed by atoms with Gasteiger partial charge in [0.2, 0.25) is 0 Å². The van der Waals surface area contributed by atoms with E-state index in [1.54, 1.807) is 6.92 Å². The molecule has 1 fully saturated rings. The predicted octanol–water partition coefficient (Wildman–Crippen LogP) is 1.07. The number of carbonyl (C=O) groups excluding carboxylic acids is 1. The molecule has 1 aliphatic heterocycles. The summed E-state index contributed by atoms with van der Waals surface area (Å²) < 4.78 is 5.18. The van der Waals surface area contributed by atoms with Crippen LogP contribution in [0, 0.1) is 11.8 Å². The van der Waals surface area contributed by atoms with Crippen LogP contribution in [0.2, 0.25) is 0 Å². The number of allylic oxidation sites excluding steroid dienone is 2. The Hall–Kier alpha value is -1.33. The Labute approximate surface area is 112 Å². The third-order valence-electron chi connectivity index (χ3n) is 4.00. The fourth-order valence-corrected chi connectivity index (χ4v) is 2.67. The van der Waals surface area contributed by atoms with Crippen molar-refractivity contribution in [1.29, 1.82) is 0 Å². The van der Waals surface area contributed by atoms with Gasteiger partial charge in [-0.3, -0.25) is 4.79 Å². The number of rotatable bonds is 1. The highest BCUT2D eigenvalue weighted by molar-refractivity contribution is 5.75. The van der Waals surface area contributed by atoms with Gasteiger partial charge < -0.3 is 20.1 Å². The van der Waals surface area contributed by atoms with E-state index in [1.165, 1.54) is 6.08 Å². The normalized spacial score (nSPS) is 41.5. The largest absolute Gasteiger partial charge is 0.510 e. The quantitative estimate of drug-likeness (QED) is 0.489. The van der Waals surface area contributed by atoms with Crippen molar-refractivity contribution in [2.24, 2.45) is 11.8 Å². The smallest absolute Gasteiger partial charge is 0.309 e. The van der Waals surface area contributed by atoms with Crippen LogP contribution in [0.3, 0.4) is 0 Å². The fraction of sp³-hybridized carbons (Fsp3) is 0.643. The van der Waals surface area contributed by atoms with Gasteiger partial charge in [0.1, 0.15) is 18.0 Å². The summed E-state index contributed by atoms with van der Waals surface area (Å²) in [6, 6.07) is 0. The molecule has 106 valence electrons. The van der Waals surface area contributed by atoms with E-state index < -0.39 is 12.2 Å². The molecule has 0 aromatic heterocycles. The van der Waals surface area contributed by atoms with Gasteiger partial charge in [-0.15, -0.1) is 0 Å². The number of aliphatic hydroxyl groups excluding tert-OH is 3. The second-order valence-electron chi connectivity index (χ2n) is 5.22. The maximum atomic E-state index is 11.6. The average molecular weight is 268 g/mol. The molecule has 0 radical (unpaired) electrons. The number of hydrogen-bond acceptors (Lipinski definition) is 5. The molecule has 1 aliphatic carbocycles. The van der Waals surface area contributed by atoms with E-state index in [1.807, 2.05) is 6.08 Å². The molecule has 0 aromatic carbocycles. The molecule has 2 aliphatic rings. The third-order valence-corrected chi connectivity index (χ3v) is 4.00. The van der Waals surface area contributed by atoms with Crippen molar-refractivity contribution >= 4 is 5.97 Å². The summed E-state index contributed by atoms with van der Waals surface area (Å²) in [4.78, 5) is 11.6. The van der Waals surface area contributed by atoms with Gasteiger partial charge in [0.15, 0.2) is 0 Å². The molecule has 5 nitrogen and oxygen atoms in total. The molecular weight excluding hydrogens is 248 g/mol. The maximum absolute atomic E-state index is 11.6. The number of fused-ring (bicyclic) bond motifs is 1. The molecule has 5 heteroatoms. The van der Waals surface area contributed by atoms with Crippen molar-refractivity contribution in [3.63, 3.8) is 0 Å². The molecule has 0 spiro atoms. The fourth-order valence-electron chi connectivity index (χ4n) is 2.67. The second kappa shape index (κ2) is 5.75. The highest BCUT2D eigenvalue weighted by Crippen LogP contribution is 2.35. The molecule has 3 N–H and O–H groups in total. The predicted molar refractivity (Wildman–Crippen MR) is 68.3 cm³/mol. The SMILES string of the molecule is C[C@@H]1C(=O)O[C@H]2[C@@H]1C/C=C(\CO)CC/C=C(\O)[C@H]2O. The Morgan fingerprint density at radius 3 is 2.84 bits per heavy atom. The summed E-state index contributed by atoms with van der Waals surface area (Å²) >= 11 is 0. The van der Waals surface area contributed by atoms with E-state index in [0.717, 1.165) is 5.57 Å². The van der Waals surface area contributed by atoms with Crippen LogP contribution in [0.1, 0.15) is 26.2 Å². The van der Waals surface area contributed by atoms with Gasteiger partial charge >= 0.3 is 5.97 Å². The number of carbonyl (C=O) groups is 1. The molecule has 0 amide bonds. The van der Waals surface area contributed by atoms with E-state index in [2.05, 4.69) is 0 Å². The summed E-state index contributed by atoms with van der Waals surface area (Å²) in [6.07, 6.45) is 3.28. The van der Waals surface area contributed by atoms with Crippen molar-refractivity contribution in [3.8, 4) is 0 Å². The lowest BCUT2D eigenvalue weighted by atomic mass is 9.84. The van der Waals surface area contributed by atoms with Crippen LogP contribution < -0.4 is 0 Å². The highest BCUT2D eigenvalue weighted by Gasteiger charge is 2.45. The molecule has 4 atom stereocenters. The molecule has 0 saturated carbocycles. The minimum absolute atomic E-state index is 0.0300. The van der Waals surface area contributed by atoms with E-state index in [-0.39, 0.29) is 30.2 Å². The topological polar surface area (TPSA) is 87.0 Å². The molecule has 0 unspecified atom stereocenters. The van der Waals surface area contributed by atoms with Crippen molar-refractivity contribution in [1.82, 2.24) is 0 Å². The molecule has 0 bridgehead atoms. The van der Waals surface area contributed by atoms with Gasteiger partial charge in [-0.2, -0.15) is 0 Å². The Morgan fingerprint density at radius 1 is 1.42 bits per heavy atom. The van der Waals surface area contributed by atoms with Gasteiger partial charge in [-0.25, -0.2) is 0 Å². The minimum Gasteiger partial charge on any atom is -0.510 e. The van der Waals surface area contributed by atoms with Crippen LogP contribution in [0.15, 0.2) is 23.5 Å². The summed E-state index contributed by atoms with van der Waals surface area (Å²) in [7, 11) is 0. The Bertz CT molecular complexity index is 412. The first-order chi connectivity index (χ1) is 9.04. The summed E-state index contributed by atoms with van der Waals surface area (Å²) in [6.45, 7) is 1.73. The minimum atomic E-state index is -1.16. The number of aliphatic hydroxyl groups is 3. The van der Waals surface area contributed by atoms with Crippen LogP contribution >= 0.6 is 0 Å². The average Bonchev–Trinajstić information content (AvgIpc) is 2.68. The summed E-state index contributed by atoms with van der Waals surface area (Å²) in [5.74, 6) is -1.00. The Balaban J connectivity index is 2.29. The van der Waals surface area contributed by atoms with Crippen LogP contribution in [0.25, 0.3) is 0 Å². The van der Waals surface area contributed by atoms with Gasteiger partial charge in [0, 0.05) is 5.92 Å². The van der Waals surface area contributed by atoms with Crippen molar-refractivity contribution < 1.29 is 24.9 Å². The van der Waals surface area contributed by atoms with Gasteiger partial charge in [-0.05, 0) is 30.9 Å². The first kappa shape index (κ1) is 14.1. The molecule has 0 aromatic rings. The van der Waals surface area contributed by atoms with Crippen LogP contribution in [0.5, 0.6) is 0 Å². The zero-order valence-electron chi connectivity index (χ0n) is 11.0. The lowest BCUT2D eigenvalue weighted by Crippen LogP contribution is -2.34. The number of ether oxygens (including phenoxy) is 1. The van der Waals surface area contributed by atoms with Gasteiger partial charge in [-0.1, -0.05) is 13.0 Å². The van der Waals surface area contributed by atoms with Crippen molar-refractivity contribution in [2.45, 2.75) is 38.4 Å². The third kappa shape index (κ3) is 2.82. The number of esters is 1. The summed E-state index contributed by atoms with van der Waals surface area (Å²) in [5.41, 5.74) is 0.880. The molecular formula is C14H20O5. The van der Waals surface area contributed by atoms with Crippen molar-refractivity contribution in [3.05, 3.63) is 23.5 Å². The van der Waals surface area contributed by atoms with Crippen LogP contribution in [-0.2, 0) is 9.53 Å². The molecule has 2 rings (SSSR count). The lowest BCUT2D eigenvalue weighted by Gasteiger charge is -2.24. The summed E-state index contributed by atoms with van der Waals surface area (Å²) in [5, 5.41) is 29.1. The Kier molecular flexibility index (Phi) is 4.27. The Morgan fingerprint density at radius 2 is 2.16 bits per heavy atom. The zero-order valence-corrected chi connectivity index (χ0v) is 11.0.